The third-order valence-corrected chi connectivity index (χ3v) is 6.04. The Bertz CT molecular complexity index is 1030. The summed E-state index contributed by atoms with van der Waals surface area (Å²) in [5.41, 5.74) is 1.93. The molecule has 1 fully saturated rings. The van der Waals surface area contributed by atoms with Gasteiger partial charge in [-0.15, -0.1) is 0 Å². The Kier molecular flexibility index (Phi) is 9.47. The van der Waals surface area contributed by atoms with Crippen molar-refractivity contribution in [2.24, 2.45) is 5.92 Å². The Morgan fingerprint density at radius 2 is 1.56 bits per heavy atom. The fourth-order valence-corrected chi connectivity index (χ4v) is 4.22. The highest BCUT2D eigenvalue weighted by Gasteiger charge is 2.27. The topological polar surface area (TPSA) is 97.0 Å². The number of hydrogen-bond acceptors (Lipinski definition) is 5. The smallest absolute Gasteiger partial charge is 0.254 e. The van der Waals surface area contributed by atoms with Crippen LogP contribution in [0.2, 0.25) is 0 Å². The maximum Gasteiger partial charge on any atom is 0.254 e. The van der Waals surface area contributed by atoms with E-state index >= 15 is 0 Å². The number of rotatable bonds is 9. The molecule has 8 heteroatoms. The monoisotopic (exact) mass is 495 g/mol. The van der Waals surface area contributed by atoms with Crippen molar-refractivity contribution in [3.63, 3.8) is 0 Å². The van der Waals surface area contributed by atoms with Crippen LogP contribution in [0.25, 0.3) is 0 Å². The molecule has 1 heterocycles. The predicted octanol–water partition coefficient (Wildman–Crippen LogP) is 3.41. The van der Waals surface area contributed by atoms with Gasteiger partial charge in [0.2, 0.25) is 5.91 Å². The van der Waals surface area contributed by atoms with Gasteiger partial charge in [-0.2, -0.15) is 0 Å². The van der Waals surface area contributed by atoms with Crippen molar-refractivity contribution >= 4 is 17.7 Å². The number of benzene rings is 2. The summed E-state index contributed by atoms with van der Waals surface area (Å²) in [4.78, 5) is 40.3. The van der Waals surface area contributed by atoms with Gasteiger partial charge in [0, 0.05) is 30.8 Å². The molecule has 1 aliphatic rings. The molecule has 3 atom stereocenters. The minimum Gasteiger partial charge on any atom is -0.494 e. The molecule has 0 radical (unpaired) electrons. The van der Waals surface area contributed by atoms with Crippen LogP contribution in [0.5, 0.6) is 5.75 Å². The minimum absolute atomic E-state index is 0.0102. The summed E-state index contributed by atoms with van der Waals surface area (Å²) in [6, 6.07) is 13.4. The second-order valence-corrected chi connectivity index (χ2v) is 9.53. The molecule has 1 saturated heterocycles. The van der Waals surface area contributed by atoms with E-state index in [0.717, 1.165) is 5.56 Å². The summed E-state index contributed by atoms with van der Waals surface area (Å²) >= 11 is 0. The normalized spacial score (nSPS) is 18.4. The number of amides is 3. The van der Waals surface area contributed by atoms with E-state index in [1.807, 2.05) is 51.7 Å². The summed E-state index contributed by atoms with van der Waals surface area (Å²) in [6.07, 6.45) is 0.0204. The molecular formula is C28H37N3O5. The van der Waals surface area contributed by atoms with E-state index in [9.17, 15) is 14.4 Å². The fraction of sp³-hybridized carbons (Fsp3) is 0.464. The number of nitrogens with one attached hydrogen (secondary N) is 2. The zero-order valence-electron chi connectivity index (χ0n) is 21.7. The maximum atomic E-state index is 12.9. The third-order valence-electron chi connectivity index (χ3n) is 6.04. The van der Waals surface area contributed by atoms with E-state index in [4.69, 9.17) is 9.47 Å². The second-order valence-electron chi connectivity index (χ2n) is 9.53. The highest BCUT2D eigenvalue weighted by molar-refractivity contribution is 5.97. The Morgan fingerprint density at radius 3 is 2.11 bits per heavy atom. The number of ether oxygens (including phenoxy) is 2. The number of carbonyl (C=O) groups is 3. The van der Waals surface area contributed by atoms with Crippen molar-refractivity contribution in [2.75, 3.05) is 19.7 Å². The van der Waals surface area contributed by atoms with Crippen LogP contribution < -0.4 is 15.4 Å². The summed E-state index contributed by atoms with van der Waals surface area (Å²) in [7, 11) is 0. The zero-order valence-corrected chi connectivity index (χ0v) is 21.7. The average molecular weight is 496 g/mol. The number of carbonyl (C=O) groups excluding carboxylic acids is 3. The molecule has 3 rings (SSSR count). The first-order chi connectivity index (χ1) is 17.2. The number of morpholine rings is 1. The SMILES string of the molecule is CCOc1ccc(C(=O)NC(C(=O)NCc2ccc(C(=O)N3CC(C)OC(C)C3)cc2)C(C)C)cc1. The maximum absolute atomic E-state index is 12.9. The van der Waals surface area contributed by atoms with Crippen LogP contribution in [0.4, 0.5) is 0 Å². The van der Waals surface area contributed by atoms with Gasteiger partial charge in [-0.25, -0.2) is 0 Å². The molecule has 3 amide bonds. The molecule has 194 valence electrons. The fourth-order valence-electron chi connectivity index (χ4n) is 4.22. The Balaban J connectivity index is 1.55. The standard InChI is InChI=1S/C28H37N3O5/c1-6-35-24-13-11-22(12-14-24)26(32)30-25(18(2)3)27(33)29-15-21-7-9-23(10-8-21)28(34)31-16-19(4)36-20(5)17-31/h7-14,18-20,25H,6,15-17H2,1-5H3,(H,29,33)(H,30,32). The van der Waals surface area contributed by atoms with E-state index in [1.54, 1.807) is 36.4 Å². The largest absolute Gasteiger partial charge is 0.494 e. The van der Waals surface area contributed by atoms with Gasteiger partial charge in [0.1, 0.15) is 11.8 Å². The highest BCUT2D eigenvalue weighted by atomic mass is 16.5. The lowest BCUT2D eigenvalue weighted by molar-refractivity contribution is -0.124. The van der Waals surface area contributed by atoms with Crippen LogP contribution in [0.1, 0.15) is 60.9 Å². The van der Waals surface area contributed by atoms with Gasteiger partial charge in [0.25, 0.3) is 11.8 Å². The van der Waals surface area contributed by atoms with Crippen molar-refractivity contribution in [1.82, 2.24) is 15.5 Å². The van der Waals surface area contributed by atoms with Gasteiger partial charge >= 0.3 is 0 Å². The van der Waals surface area contributed by atoms with Gasteiger partial charge in [0.15, 0.2) is 0 Å². The van der Waals surface area contributed by atoms with Crippen molar-refractivity contribution in [1.29, 1.82) is 0 Å². The first kappa shape index (κ1) is 27.2. The molecule has 0 bridgehead atoms. The van der Waals surface area contributed by atoms with E-state index in [1.165, 1.54) is 0 Å². The van der Waals surface area contributed by atoms with Crippen LogP contribution in [0.15, 0.2) is 48.5 Å². The molecule has 8 nitrogen and oxygen atoms in total. The minimum atomic E-state index is -0.685. The third kappa shape index (κ3) is 7.31. The molecule has 0 aliphatic carbocycles. The molecule has 36 heavy (non-hydrogen) atoms. The molecule has 3 unspecified atom stereocenters. The van der Waals surface area contributed by atoms with E-state index in [-0.39, 0.29) is 35.8 Å². The summed E-state index contributed by atoms with van der Waals surface area (Å²) in [5, 5.41) is 5.74. The first-order valence-corrected chi connectivity index (χ1v) is 12.5. The van der Waals surface area contributed by atoms with E-state index < -0.39 is 6.04 Å². The van der Waals surface area contributed by atoms with Crippen molar-refractivity contribution in [3.05, 3.63) is 65.2 Å². The van der Waals surface area contributed by atoms with Crippen molar-refractivity contribution in [3.8, 4) is 5.75 Å². The highest BCUT2D eigenvalue weighted by Crippen LogP contribution is 2.16. The first-order valence-electron chi connectivity index (χ1n) is 12.5. The van der Waals surface area contributed by atoms with E-state index in [2.05, 4.69) is 10.6 Å². The van der Waals surface area contributed by atoms with E-state index in [0.29, 0.717) is 43.1 Å². The molecular weight excluding hydrogens is 458 g/mol. The Labute approximate surface area is 213 Å². The summed E-state index contributed by atoms with van der Waals surface area (Å²) in [5.74, 6) is -0.0179. The number of hydrogen-bond donors (Lipinski definition) is 2. The molecule has 0 saturated carbocycles. The summed E-state index contributed by atoms with van der Waals surface area (Å²) < 4.78 is 11.1. The van der Waals surface area contributed by atoms with Crippen LogP contribution >= 0.6 is 0 Å². The van der Waals surface area contributed by atoms with Crippen LogP contribution in [0, 0.1) is 5.92 Å². The van der Waals surface area contributed by atoms with Gasteiger partial charge in [-0.05, 0) is 68.7 Å². The van der Waals surface area contributed by atoms with Crippen LogP contribution in [-0.4, -0.2) is 60.6 Å². The van der Waals surface area contributed by atoms with Crippen molar-refractivity contribution in [2.45, 2.75) is 59.4 Å². The van der Waals surface area contributed by atoms with Crippen LogP contribution in [0.3, 0.4) is 0 Å². The van der Waals surface area contributed by atoms with Gasteiger partial charge in [-0.1, -0.05) is 26.0 Å². The molecule has 0 spiro atoms. The lowest BCUT2D eigenvalue weighted by Crippen LogP contribution is -2.49. The van der Waals surface area contributed by atoms with Gasteiger partial charge in [0.05, 0.1) is 18.8 Å². The molecule has 2 N–H and O–H groups in total. The molecule has 0 aromatic heterocycles. The molecule has 1 aliphatic heterocycles. The summed E-state index contributed by atoms with van der Waals surface area (Å²) in [6.45, 7) is 11.6. The Morgan fingerprint density at radius 1 is 0.972 bits per heavy atom. The number of nitrogens with zero attached hydrogens (tertiary/aromatic N) is 1. The lowest BCUT2D eigenvalue weighted by atomic mass is 10.0. The second kappa shape index (κ2) is 12.5. The average Bonchev–Trinajstić information content (AvgIpc) is 2.85. The van der Waals surface area contributed by atoms with Gasteiger partial charge in [-0.3, -0.25) is 14.4 Å². The predicted molar refractivity (Wildman–Crippen MR) is 138 cm³/mol. The Hall–Kier alpha value is -3.39. The molecule has 2 aromatic rings. The van der Waals surface area contributed by atoms with Crippen molar-refractivity contribution < 1.29 is 23.9 Å². The quantitative estimate of drug-likeness (QED) is 0.556. The van der Waals surface area contributed by atoms with Crippen LogP contribution in [-0.2, 0) is 16.1 Å². The molecule has 2 aromatic carbocycles. The van der Waals surface area contributed by atoms with Gasteiger partial charge < -0.3 is 25.0 Å². The zero-order chi connectivity index (χ0) is 26.2. The lowest BCUT2D eigenvalue weighted by Gasteiger charge is -2.35.